The van der Waals surface area contributed by atoms with Gasteiger partial charge in [-0.1, -0.05) is 37.4 Å². The molecule has 1 aliphatic rings. The first-order valence-corrected chi connectivity index (χ1v) is 8.87. The van der Waals surface area contributed by atoms with E-state index in [1.54, 1.807) is 19.9 Å². The number of ether oxygens (including phenoxy) is 2. The molecule has 0 fully saturated rings. The number of hydrogen-bond donors (Lipinski definition) is 0. The Hall–Kier alpha value is -3.55. The lowest BCUT2D eigenvalue weighted by atomic mass is 9.75. The quantitative estimate of drug-likeness (QED) is 0.287. The molecule has 0 saturated heterocycles. The van der Waals surface area contributed by atoms with Gasteiger partial charge in [0, 0.05) is 29.5 Å². The summed E-state index contributed by atoms with van der Waals surface area (Å²) in [6.07, 6.45) is 2.85. The number of benzene rings is 1. The lowest BCUT2D eigenvalue weighted by Crippen LogP contribution is -2.36. The van der Waals surface area contributed by atoms with E-state index in [0.29, 0.717) is 17.0 Å². The van der Waals surface area contributed by atoms with Crippen molar-refractivity contribution in [1.82, 2.24) is 0 Å². The maximum atomic E-state index is 12.8. The molecule has 0 bridgehead atoms. The summed E-state index contributed by atoms with van der Waals surface area (Å²) >= 11 is 0. The van der Waals surface area contributed by atoms with E-state index in [4.69, 9.17) is 9.47 Å². The maximum Gasteiger partial charge on any atom is 0.336 e. The molecule has 1 unspecified atom stereocenters. The monoisotopic (exact) mass is 398 g/mol. The second-order valence-corrected chi connectivity index (χ2v) is 6.37. The van der Waals surface area contributed by atoms with Crippen LogP contribution in [0.1, 0.15) is 25.3 Å². The van der Waals surface area contributed by atoms with E-state index in [0.717, 1.165) is 0 Å². The van der Waals surface area contributed by atoms with Crippen molar-refractivity contribution < 1.29 is 24.0 Å². The molecule has 0 radical (unpaired) electrons. The van der Waals surface area contributed by atoms with E-state index in [-0.39, 0.29) is 24.5 Å². The lowest BCUT2D eigenvalue weighted by molar-refractivity contribution is -0.384. The predicted molar refractivity (Wildman–Crippen MR) is 107 cm³/mol. The van der Waals surface area contributed by atoms with Gasteiger partial charge in [-0.2, -0.15) is 0 Å². The summed E-state index contributed by atoms with van der Waals surface area (Å²) in [5.41, 5.74) is 1.23. The van der Waals surface area contributed by atoms with E-state index in [1.165, 1.54) is 30.4 Å². The highest BCUT2D eigenvalue weighted by Crippen LogP contribution is 2.40. The summed E-state index contributed by atoms with van der Waals surface area (Å²) in [4.78, 5) is 40.6. The zero-order chi connectivity index (χ0) is 21.6. The first-order chi connectivity index (χ1) is 13.8. The predicted octanol–water partition coefficient (Wildman–Crippen LogP) is 3.50. The molecule has 0 amide bonds. The van der Waals surface area contributed by atoms with Gasteiger partial charge in [0.05, 0.1) is 10.5 Å². The third-order valence-corrected chi connectivity index (χ3v) is 4.42. The summed E-state index contributed by atoms with van der Waals surface area (Å²) in [6.45, 7) is 10.3. The fraction of sp³-hybridized carbons (Fsp3) is 0.286. The van der Waals surface area contributed by atoms with Gasteiger partial charge in [-0.3, -0.25) is 19.9 Å². The molecule has 0 N–H and O–H groups in total. The number of allylic oxidation sites excluding steroid dienone is 1. The van der Waals surface area contributed by atoms with Crippen LogP contribution in [0.3, 0.4) is 0 Å². The summed E-state index contributed by atoms with van der Waals surface area (Å²) in [5.74, 6) is -3.06. The van der Waals surface area contributed by atoms with Gasteiger partial charge in [-0.15, -0.1) is 0 Å². The van der Waals surface area contributed by atoms with Gasteiger partial charge in [-0.25, -0.2) is 4.79 Å². The Morgan fingerprint density at radius 3 is 2.48 bits per heavy atom. The fourth-order valence-corrected chi connectivity index (χ4v) is 3.24. The number of rotatable bonds is 8. The third-order valence-electron chi connectivity index (χ3n) is 4.42. The van der Waals surface area contributed by atoms with E-state index in [2.05, 4.69) is 18.2 Å². The Morgan fingerprint density at radius 2 is 1.86 bits per heavy atom. The zero-order valence-electron chi connectivity index (χ0n) is 16.3. The number of nitro groups is 1. The number of carbonyl (C=O) groups excluding carboxylic acids is 2. The normalized spacial score (nSPS) is 18.5. The van der Waals surface area contributed by atoms with Gasteiger partial charge in [0.1, 0.15) is 19.1 Å². The zero-order valence-corrected chi connectivity index (χ0v) is 16.3. The second-order valence-electron chi connectivity index (χ2n) is 6.37. The molecule has 152 valence electrons. The minimum Gasteiger partial charge on any atom is -0.461 e. The highest BCUT2D eigenvalue weighted by molar-refractivity contribution is 6.07. The highest BCUT2D eigenvalue weighted by Gasteiger charge is 2.42. The number of hydrogen-bond acceptors (Lipinski definition) is 7. The molecule has 0 spiro atoms. The highest BCUT2D eigenvalue weighted by atomic mass is 16.6. The molecule has 1 aromatic rings. The SMILES string of the molecule is C=CCOC(=O)C1=C(C)N=C(C)C(C(=O)OCC=C)[C@@H]1c1cccc([N+](=O)[O-])c1. The largest absolute Gasteiger partial charge is 0.461 e. The van der Waals surface area contributed by atoms with Crippen LogP contribution >= 0.6 is 0 Å². The van der Waals surface area contributed by atoms with Crippen molar-refractivity contribution in [3.63, 3.8) is 0 Å². The van der Waals surface area contributed by atoms with Crippen molar-refractivity contribution in [3.8, 4) is 0 Å². The number of carbonyl (C=O) groups is 2. The first-order valence-electron chi connectivity index (χ1n) is 8.87. The van der Waals surface area contributed by atoms with E-state index < -0.39 is 28.7 Å². The number of non-ortho nitro benzene ring substituents is 1. The van der Waals surface area contributed by atoms with Gasteiger partial charge < -0.3 is 9.47 Å². The summed E-state index contributed by atoms with van der Waals surface area (Å²) in [6, 6.07) is 5.80. The van der Waals surface area contributed by atoms with Crippen LogP contribution in [0.5, 0.6) is 0 Å². The van der Waals surface area contributed by atoms with Crippen molar-refractivity contribution in [2.45, 2.75) is 19.8 Å². The Kier molecular flexibility index (Phi) is 7.19. The minimum absolute atomic E-state index is 0.0107. The molecule has 0 aliphatic carbocycles. The molecule has 0 aromatic heterocycles. The van der Waals surface area contributed by atoms with E-state index in [9.17, 15) is 19.7 Å². The number of nitrogens with zero attached hydrogens (tertiary/aromatic N) is 2. The molecule has 1 aromatic carbocycles. The number of nitro benzene ring substituents is 1. The molecular weight excluding hydrogens is 376 g/mol. The van der Waals surface area contributed by atoms with Crippen LogP contribution in [0, 0.1) is 16.0 Å². The second kappa shape index (κ2) is 9.59. The van der Waals surface area contributed by atoms with Crippen LogP contribution in [0.4, 0.5) is 5.69 Å². The van der Waals surface area contributed by atoms with Crippen molar-refractivity contribution >= 4 is 23.3 Å². The van der Waals surface area contributed by atoms with E-state index >= 15 is 0 Å². The van der Waals surface area contributed by atoms with Gasteiger partial charge in [0.25, 0.3) is 5.69 Å². The van der Waals surface area contributed by atoms with Crippen LogP contribution in [-0.2, 0) is 19.1 Å². The fourth-order valence-electron chi connectivity index (χ4n) is 3.24. The van der Waals surface area contributed by atoms with Crippen molar-refractivity contribution in [2.24, 2.45) is 10.9 Å². The molecule has 1 heterocycles. The smallest absolute Gasteiger partial charge is 0.336 e. The molecule has 29 heavy (non-hydrogen) atoms. The first kappa shape index (κ1) is 21.7. The van der Waals surface area contributed by atoms with Crippen molar-refractivity contribution in [2.75, 3.05) is 13.2 Å². The Morgan fingerprint density at radius 1 is 1.21 bits per heavy atom. The van der Waals surface area contributed by atoms with Crippen LogP contribution in [0.15, 0.2) is 65.8 Å². The Bertz CT molecular complexity index is 916. The van der Waals surface area contributed by atoms with Crippen molar-refractivity contribution in [3.05, 3.63) is 76.5 Å². The molecular formula is C21H22N2O6. The summed E-state index contributed by atoms with van der Waals surface area (Å²) in [7, 11) is 0. The van der Waals surface area contributed by atoms with Crippen LogP contribution in [0.25, 0.3) is 0 Å². The van der Waals surface area contributed by atoms with E-state index in [1.807, 2.05) is 0 Å². The minimum atomic E-state index is -0.938. The third kappa shape index (κ3) is 4.84. The van der Waals surface area contributed by atoms with Gasteiger partial charge in [0.2, 0.25) is 0 Å². The standard InChI is InChI=1S/C21H22N2O6/c1-5-10-28-20(24)17-13(3)22-14(4)18(21(25)29-11-6-2)19(17)15-8-7-9-16(12-15)23(26)27/h5-9,12,17,19H,1-2,10-11H2,3-4H3/t17?,19-/m0/s1. The molecule has 8 nitrogen and oxygen atoms in total. The molecule has 1 aliphatic heterocycles. The topological polar surface area (TPSA) is 108 Å². The molecule has 8 heteroatoms. The molecule has 2 atom stereocenters. The average Bonchev–Trinajstić information content (AvgIpc) is 2.69. The maximum absolute atomic E-state index is 12.8. The number of aliphatic imine (C=N–C) groups is 1. The van der Waals surface area contributed by atoms with Gasteiger partial charge in [-0.05, 0) is 19.4 Å². The lowest BCUT2D eigenvalue weighted by Gasteiger charge is -2.31. The Balaban J connectivity index is 2.63. The van der Waals surface area contributed by atoms with Gasteiger partial charge in [0.15, 0.2) is 0 Å². The summed E-state index contributed by atoms with van der Waals surface area (Å²) in [5, 5.41) is 11.2. The molecule has 2 rings (SSSR count). The van der Waals surface area contributed by atoms with Gasteiger partial charge >= 0.3 is 11.9 Å². The van der Waals surface area contributed by atoms with Crippen LogP contribution in [0.2, 0.25) is 0 Å². The summed E-state index contributed by atoms with van der Waals surface area (Å²) < 4.78 is 10.4. The van der Waals surface area contributed by atoms with Crippen LogP contribution < -0.4 is 0 Å². The number of esters is 2. The average molecular weight is 398 g/mol. The Labute approximate surface area is 168 Å². The van der Waals surface area contributed by atoms with Crippen molar-refractivity contribution in [1.29, 1.82) is 0 Å². The molecule has 0 saturated carbocycles. The van der Waals surface area contributed by atoms with Crippen LogP contribution in [-0.4, -0.2) is 35.8 Å².